The van der Waals surface area contributed by atoms with Gasteiger partial charge in [-0.1, -0.05) is 186 Å². The molecule has 2 N–H and O–H groups in total. The Morgan fingerprint density at radius 3 is 1.15 bits per heavy atom. The van der Waals surface area contributed by atoms with E-state index in [4.69, 9.17) is 0 Å². The molecule has 0 amide bonds. The SMILES string of the molecule is CCCCCc1ccc2c(c1)C(O)(c1ccc(-c3ccc(CCCC)cc3)cc1)c1ccccc1C2(O)c1ccc(-c2ccc(CCCC)cc2)cc1. The van der Waals surface area contributed by atoms with Crippen molar-refractivity contribution in [1.82, 2.24) is 0 Å². The maximum atomic E-state index is 13.3. The summed E-state index contributed by atoms with van der Waals surface area (Å²) >= 11 is 0. The lowest BCUT2D eigenvalue weighted by Crippen LogP contribution is -2.44. The van der Waals surface area contributed by atoms with Crippen LogP contribution in [-0.4, -0.2) is 10.2 Å². The molecule has 7 rings (SSSR count). The monoisotopic (exact) mass is 698 g/mol. The van der Waals surface area contributed by atoms with Gasteiger partial charge in [-0.3, -0.25) is 0 Å². The summed E-state index contributed by atoms with van der Waals surface area (Å²) in [5.74, 6) is 0. The van der Waals surface area contributed by atoms with E-state index in [1.807, 2.05) is 24.3 Å². The summed E-state index contributed by atoms with van der Waals surface area (Å²) in [5.41, 5.74) is 10.00. The molecule has 270 valence electrons. The molecule has 0 radical (unpaired) electrons. The first kappa shape index (κ1) is 36.6. The second-order valence-electron chi connectivity index (χ2n) is 15.1. The summed E-state index contributed by atoms with van der Waals surface area (Å²) < 4.78 is 0. The first-order chi connectivity index (χ1) is 25.9. The van der Waals surface area contributed by atoms with E-state index in [1.165, 1.54) is 42.4 Å². The number of aliphatic hydroxyl groups is 2. The molecule has 1 aliphatic carbocycles. The Bertz CT molecular complexity index is 2110. The van der Waals surface area contributed by atoms with E-state index in [1.54, 1.807) is 0 Å². The van der Waals surface area contributed by atoms with Gasteiger partial charge < -0.3 is 10.2 Å². The molecule has 1 aliphatic rings. The van der Waals surface area contributed by atoms with Crippen LogP contribution in [0.4, 0.5) is 0 Å². The van der Waals surface area contributed by atoms with Gasteiger partial charge in [0.1, 0.15) is 11.2 Å². The van der Waals surface area contributed by atoms with Crippen molar-refractivity contribution in [3.8, 4) is 22.3 Å². The fourth-order valence-electron chi connectivity index (χ4n) is 8.26. The lowest BCUT2D eigenvalue weighted by Gasteiger charge is -2.45. The molecule has 0 bridgehead atoms. The predicted molar refractivity (Wildman–Crippen MR) is 221 cm³/mol. The highest BCUT2D eigenvalue weighted by Crippen LogP contribution is 2.53. The largest absolute Gasteiger partial charge is 0.376 e. The lowest BCUT2D eigenvalue weighted by atomic mass is 9.63. The number of unbranched alkanes of at least 4 members (excludes halogenated alkanes) is 4. The molecule has 0 aromatic heterocycles. The van der Waals surface area contributed by atoms with Crippen molar-refractivity contribution >= 4 is 0 Å². The summed E-state index contributed by atoms with van der Waals surface area (Å²) in [7, 11) is 0. The standard InChI is InChI=1S/C51H54O2/c1-4-7-10-15-39-22-35-48-49(36-39)51(53,45-33-29-43(30-34-45)41-25-20-38(21-26-41)14-9-6-3)47-17-12-11-16-46(47)50(48,52)44-31-27-42(28-32-44)40-23-18-37(19-24-40)13-8-5-2/h11-12,16-36,52-53H,4-10,13-15H2,1-3H3. The smallest absolute Gasteiger partial charge is 0.141 e. The zero-order valence-electron chi connectivity index (χ0n) is 31.7. The molecule has 2 atom stereocenters. The first-order valence-corrected chi connectivity index (χ1v) is 20.0. The molecule has 53 heavy (non-hydrogen) atoms. The molecule has 2 nitrogen and oxygen atoms in total. The average Bonchev–Trinajstić information content (AvgIpc) is 3.22. The Labute approximate surface area is 317 Å². The topological polar surface area (TPSA) is 40.5 Å². The highest BCUT2D eigenvalue weighted by atomic mass is 16.3. The number of fused-ring (bicyclic) bond motifs is 2. The Hall–Kier alpha value is -4.76. The highest BCUT2D eigenvalue weighted by molar-refractivity contribution is 5.70. The molecule has 2 heteroatoms. The first-order valence-electron chi connectivity index (χ1n) is 20.0. The quantitative estimate of drug-likeness (QED) is 0.111. The third kappa shape index (κ3) is 7.16. The van der Waals surface area contributed by atoms with Crippen molar-refractivity contribution in [1.29, 1.82) is 0 Å². The molecular formula is C51H54O2. The fourth-order valence-corrected chi connectivity index (χ4v) is 8.26. The van der Waals surface area contributed by atoms with Crippen molar-refractivity contribution in [2.24, 2.45) is 0 Å². The van der Waals surface area contributed by atoms with Crippen LogP contribution in [0.3, 0.4) is 0 Å². The van der Waals surface area contributed by atoms with Gasteiger partial charge in [0.05, 0.1) is 0 Å². The van der Waals surface area contributed by atoms with Gasteiger partial charge in [0.25, 0.3) is 0 Å². The average molecular weight is 699 g/mol. The Kier molecular flexibility index (Phi) is 11.1. The van der Waals surface area contributed by atoms with E-state index in [0.29, 0.717) is 11.1 Å². The van der Waals surface area contributed by atoms with Crippen molar-refractivity contribution in [2.45, 2.75) is 96.2 Å². The van der Waals surface area contributed by atoms with E-state index >= 15 is 0 Å². The minimum Gasteiger partial charge on any atom is -0.376 e. The minimum absolute atomic E-state index is 0.702. The third-order valence-electron chi connectivity index (χ3n) is 11.5. The normalized spacial score (nSPS) is 17.7. The molecule has 0 heterocycles. The zero-order chi connectivity index (χ0) is 36.8. The molecule has 2 unspecified atom stereocenters. The van der Waals surface area contributed by atoms with Gasteiger partial charge in [-0.05, 0) is 111 Å². The number of aryl methyl sites for hydroxylation is 3. The molecule has 0 spiro atoms. The van der Waals surface area contributed by atoms with Crippen molar-refractivity contribution in [3.63, 3.8) is 0 Å². The van der Waals surface area contributed by atoms with Gasteiger partial charge in [-0.2, -0.15) is 0 Å². The predicted octanol–water partition coefficient (Wildman–Crippen LogP) is 12.3. The Morgan fingerprint density at radius 1 is 0.358 bits per heavy atom. The van der Waals surface area contributed by atoms with Crippen LogP contribution in [0.25, 0.3) is 22.3 Å². The van der Waals surface area contributed by atoms with Crippen LogP contribution in [0.1, 0.15) is 116 Å². The number of rotatable bonds is 14. The van der Waals surface area contributed by atoms with Gasteiger partial charge in [0, 0.05) is 0 Å². The van der Waals surface area contributed by atoms with Crippen LogP contribution < -0.4 is 0 Å². The Balaban J connectivity index is 1.30. The number of hydrogen-bond acceptors (Lipinski definition) is 2. The van der Waals surface area contributed by atoms with E-state index in [2.05, 4.69) is 136 Å². The summed E-state index contributed by atoms with van der Waals surface area (Å²) in [5, 5.41) is 26.4. The summed E-state index contributed by atoms with van der Waals surface area (Å²) in [6, 6.07) is 48.8. The third-order valence-corrected chi connectivity index (χ3v) is 11.5. The molecule has 0 aliphatic heterocycles. The van der Waals surface area contributed by atoms with E-state index in [9.17, 15) is 10.2 Å². The van der Waals surface area contributed by atoms with Crippen LogP contribution >= 0.6 is 0 Å². The summed E-state index contributed by atoms with van der Waals surface area (Å²) in [6.07, 6.45) is 11.3. The highest BCUT2D eigenvalue weighted by Gasteiger charge is 2.51. The minimum atomic E-state index is -1.46. The second-order valence-corrected chi connectivity index (χ2v) is 15.1. The molecular weight excluding hydrogens is 645 g/mol. The van der Waals surface area contributed by atoms with Gasteiger partial charge in [0.2, 0.25) is 0 Å². The van der Waals surface area contributed by atoms with Crippen molar-refractivity contribution in [2.75, 3.05) is 0 Å². The summed E-state index contributed by atoms with van der Waals surface area (Å²) in [4.78, 5) is 0. The van der Waals surface area contributed by atoms with Gasteiger partial charge in [-0.25, -0.2) is 0 Å². The van der Waals surface area contributed by atoms with Crippen molar-refractivity contribution < 1.29 is 10.2 Å². The maximum Gasteiger partial charge on any atom is 0.141 e. The van der Waals surface area contributed by atoms with E-state index in [-0.39, 0.29) is 0 Å². The lowest BCUT2D eigenvalue weighted by molar-refractivity contribution is 0.0747. The van der Waals surface area contributed by atoms with Gasteiger partial charge >= 0.3 is 0 Å². The molecule has 0 saturated carbocycles. The number of hydrogen-bond donors (Lipinski definition) is 2. The zero-order valence-corrected chi connectivity index (χ0v) is 31.7. The molecule has 6 aromatic rings. The van der Waals surface area contributed by atoms with Crippen LogP contribution in [0, 0.1) is 0 Å². The second kappa shape index (κ2) is 16.1. The maximum absolute atomic E-state index is 13.3. The van der Waals surface area contributed by atoms with Gasteiger partial charge in [0.15, 0.2) is 0 Å². The van der Waals surface area contributed by atoms with Crippen LogP contribution in [0.15, 0.2) is 140 Å². The Morgan fingerprint density at radius 2 is 0.717 bits per heavy atom. The fraction of sp³-hybridized carbons (Fsp3) is 0.294. The van der Waals surface area contributed by atoms with E-state index < -0.39 is 11.2 Å². The molecule has 0 fully saturated rings. The van der Waals surface area contributed by atoms with Crippen LogP contribution in [0.5, 0.6) is 0 Å². The summed E-state index contributed by atoms with van der Waals surface area (Å²) in [6.45, 7) is 6.68. The molecule has 6 aromatic carbocycles. The van der Waals surface area contributed by atoms with Crippen LogP contribution in [-0.2, 0) is 30.5 Å². The van der Waals surface area contributed by atoms with Gasteiger partial charge in [-0.15, -0.1) is 0 Å². The van der Waals surface area contributed by atoms with E-state index in [0.717, 1.165) is 83.0 Å². The molecule has 0 saturated heterocycles. The number of benzene rings is 6. The van der Waals surface area contributed by atoms with Crippen molar-refractivity contribution in [3.05, 3.63) is 190 Å². The van der Waals surface area contributed by atoms with Crippen LogP contribution in [0.2, 0.25) is 0 Å².